The van der Waals surface area contributed by atoms with Gasteiger partial charge in [-0.2, -0.15) is 0 Å². The van der Waals surface area contributed by atoms with E-state index in [1.165, 1.54) is 12.8 Å². The first-order chi connectivity index (χ1) is 12.8. The van der Waals surface area contributed by atoms with Gasteiger partial charge in [-0.05, 0) is 84.2 Å². The van der Waals surface area contributed by atoms with Gasteiger partial charge in [0.15, 0.2) is 0 Å². The second-order valence-corrected chi connectivity index (χ2v) is 10.2. The van der Waals surface area contributed by atoms with Crippen molar-refractivity contribution in [3.8, 4) is 0 Å². The highest BCUT2D eigenvalue weighted by Crippen LogP contribution is 2.64. The molecular weight excluding hydrogens is 336 g/mol. The highest BCUT2D eigenvalue weighted by molar-refractivity contribution is 5.80. The summed E-state index contributed by atoms with van der Waals surface area (Å²) < 4.78 is 0. The molecule has 3 heteroatoms. The molecule has 2 saturated carbocycles. The molecule has 0 aliphatic heterocycles. The molecule has 4 aliphatic carbocycles. The quantitative estimate of drug-likeness (QED) is 0.705. The van der Waals surface area contributed by atoms with Gasteiger partial charge in [-0.15, -0.1) is 0 Å². The van der Waals surface area contributed by atoms with Crippen LogP contribution in [-0.4, -0.2) is 16.9 Å². The van der Waals surface area contributed by atoms with Crippen molar-refractivity contribution in [2.75, 3.05) is 0 Å². The lowest BCUT2D eigenvalue weighted by Gasteiger charge is -2.52. The summed E-state index contributed by atoms with van der Waals surface area (Å²) in [6.07, 6.45) is 13.2. The Labute approximate surface area is 163 Å². The Kier molecular flexibility index (Phi) is 4.63. The van der Waals surface area contributed by atoms with E-state index in [1.807, 2.05) is 0 Å². The molecule has 2 fully saturated rings. The Morgan fingerprint density at radius 3 is 2.81 bits per heavy atom. The molecular formula is C24H34O3. The predicted molar refractivity (Wildman–Crippen MR) is 106 cm³/mol. The molecule has 1 N–H and O–H groups in total. The number of carbonyl (C=O) groups is 2. The van der Waals surface area contributed by atoms with Gasteiger partial charge in [0.2, 0.25) is 0 Å². The Morgan fingerprint density at radius 1 is 1.30 bits per heavy atom. The van der Waals surface area contributed by atoms with E-state index in [1.54, 1.807) is 11.1 Å². The summed E-state index contributed by atoms with van der Waals surface area (Å²) in [4.78, 5) is 23.0. The fourth-order valence-corrected chi connectivity index (χ4v) is 7.17. The number of fused-ring (bicyclic) bond motifs is 5. The third kappa shape index (κ3) is 2.93. The fourth-order valence-electron chi connectivity index (χ4n) is 7.17. The number of rotatable bonds is 4. The number of hydrogen-bond donors (Lipinski definition) is 1. The molecule has 0 aromatic carbocycles. The van der Waals surface area contributed by atoms with Crippen molar-refractivity contribution in [3.63, 3.8) is 0 Å². The largest absolute Gasteiger partial charge is 0.481 e. The Bertz CT molecular complexity index is 717. The van der Waals surface area contributed by atoms with Gasteiger partial charge < -0.3 is 5.11 Å². The maximum Gasteiger partial charge on any atom is 0.303 e. The van der Waals surface area contributed by atoms with Crippen LogP contribution in [0.3, 0.4) is 0 Å². The van der Waals surface area contributed by atoms with E-state index in [4.69, 9.17) is 5.11 Å². The van der Waals surface area contributed by atoms with Crippen LogP contribution >= 0.6 is 0 Å². The average Bonchev–Trinajstić information content (AvgIpc) is 2.97. The second-order valence-electron chi connectivity index (χ2n) is 10.2. The van der Waals surface area contributed by atoms with Gasteiger partial charge in [-0.1, -0.05) is 32.9 Å². The van der Waals surface area contributed by atoms with Crippen LogP contribution in [0, 0.1) is 34.5 Å². The van der Waals surface area contributed by atoms with Crippen LogP contribution in [-0.2, 0) is 9.59 Å². The first-order valence-corrected chi connectivity index (χ1v) is 10.9. The summed E-state index contributed by atoms with van der Waals surface area (Å²) in [5.74, 6) is 1.96. The van der Waals surface area contributed by atoms with Crippen LogP contribution in [0.25, 0.3) is 0 Å². The van der Waals surface area contributed by atoms with Crippen molar-refractivity contribution >= 4 is 11.8 Å². The van der Waals surface area contributed by atoms with E-state index in [0.29, 0.717) is 29.5 Å². The standard InChI is InChI=1S/C24H34O3/c1-15(4-9-22(26)27)19-7-8-20-18-6-5-16-14-17(25)10-12-23(16,2)21(18)11-13-24(19,20)3/h6,11,15-16,19-20H,4-5,7-10,12-14H2,1-3H3,(H,26,27)/t15-,16-,19-,20+,23+,24-/m1/s1. The number of ketones is 1. The minimum absolute atomic E-state index is 0.187. The number of carboxylic acid groups (broad SMARTS) is 1. The monoisotopic (exact) mass is 370 g/mol. The summed E-state index contributed by atoms with van der Waals surface area (Å²) in [7, 11) is 0. The molecule has 0 bridgehead atoms. The summed E-state index contributed by atoms with van der Waals surface area (Å²) in [6.45, 7) is 7.13. The van der Waals surface area contributed by atoms with Crippen LogP contribution in [0.4, 0.5) is 0 Å². The molecule has 0 radical (unpaired) electrons. The van der Waals surface area contributed by atoms with Crippen molar-refractivity contribution in [1.29, 1.82) is 0 Å². The lowest BCUT2D eigenvalue weighted by molar-refractivity contribution is -0.137. The predicted octanol–water partition coefficient (Wildman–Crippen LogP) is 5.56. The first kappa shape index (κ1) is 19.0. The smallest absolute Gasteiger partial charge is 0.303 e. The van der Waals surface area contributed by atoms with E-state index in [9.17, 15) is 9.59 Å². The molecule has 0 amide bonds. The Morgan fingerprint density at radius 2 is 2.07 bits per heavy atom. The maximum absolute atomic E-state index is 12.0. The second kappa shape index (κ2) is 6.60. The van der Waals surface area contributed by atoms with Crippen LogP contribution in [0.15, 0.2) is 23.3 Å². The van der Waals surface area contributed by atoms with E-state index in [0.717, 1.165) is 38.5 Å². The molecule has 6 atom stereocenters. The van der Waals surface area contributed by atoms with Gasteiger partial charge >= 0.3 is 5.97 Å². The van der Waals surface area contributed by atoms with E-state index in [2.05, 4.69) is 32.9 Å². The molecule has 3 nitrogen and oxygen atoms in total. The molecule has 148 valence electrons. The topological polar surface area (TPSA) is 54.4 Å². The zero-order chi connectivity index (χ0) is 19.4. The van der Waals surface area contributed by atoms with Gasteiger partial charge in [0.05, 0.1) is 0 Å². The molecule has 0 heterocycles. The Hall–Kier alpha value is -1.38. The van der Waals surface area contributed by atoms with Crippen molar-refractivity contribution in [2.24, 2.45) is 34.5 Å². The molecule has 0 unspecified atom stereocenters. The van der Waals surface area contributed by atoms with Gasteiger partial charge in [0, 0.05) is 19.3 Å². The lowest BCUT2D eigenvalue weighted by atomic mass is 9.52. The zero-order valence-corrected chi connectivity index (χ0v) is 17.1. The summed E-state index contributed by atoms with van der Waals surface area (Å²) in [6, 6.07) is 0. The van der Waals surface area contributed by atoms with Gasteiger partial charge in [-0.3, -0.25) is 9.59 Å². The van der Waals surface area contributed by atoms with E-state index < -0.39 is 5.97 Å². The van der Waals surface area contributed by atoms with Crippen LogP contribution < -0.4 is 0 Å². The van der Waals surface area contributed by atoms with E-state index >= 15 is 0 Å². The fraction of sp³-hybridized carbons (Fsp3) is 0.750. The average molecular weight is 371 g/mol. The van der Waals surface area contributed by atoms with Crippen molar-refractivity contribution in [1.82, 2.24) is 0 Å². The number of hydrogen-bond acceptors (Lipinski definition) is 2. The van der Waals surface area contributed by atoms with Crippen LogP contribution in [0.2, 0.25) is 0 Å². The number of allylic oxidation sites excluding steroid dienone is 4. The maximum atomic E-state index is 12.0. The summed E-state index contributed by atoms with van der Waals surface area (Å²) in [5.41, 5.74) is 3.60. The number of carbonyl (C=O) groups excluding carboxylic acids is 1. The summed E-state index contributed by atoms with van der Waals surface area (Å²) in [5, 5.41) is 9.07. The highest BCUT2D eigenvalue weighted by Gasteiger charge is 2.55. The lowest BCUT2D eigenvalue weighted by Crippen LogP contribution is -2.44. The van der Waals surface area contributed by atoms with Crippen molar-refractivity contribution in [2.45, 2.75) is 78.6 Å². The molecule has 0 aromatic rings. The van der Waals surface area contributed by atoms with Gasteiger partial charge in [0.1, 0.15) is 5.78 Å². The van der Waals surface area contributed by atoms with Crippen LogP contribution in [0.5, 0.6) is 0 Å². The highest BCUT2D eigenvalue weighted by atomic mass is 16.4. The molecule has 4 aliphatic rings. The molecule has 0 aromatic heterocycles. The minimum Gasteiger partial charge on any atom is -0.481 e. The minimum atomic E-state index is -0.673. The van der Waals surface area contributed by atoms with Gasteiger partial charge in [0.25, 0.3) is 0 Å². The number of carboxylic acids is 1. The van der Waals surface area contributed by atoms with Gasteiger partial charge in [-0.25, -0.2) is 0 Å². The molecule has 27 heavy (non-hydrogen) atoms. The Balaban J connectivity index is 1.60. The van der Waals surface area contributed by atoms with E-state index in [-0.39, 0.29) is 17.3 Å². The number of aliphatic carboxylic acids is 1. The molecule has 0 saturated heterocycles. The molecule has 4 rings (SSSR count). The van der Waals surface area contributed by atoms with Crippen molar-refractivity contribution < 1.29 is 14.7 Å². The SMILES string of the molecule is C[C@H](CCC(=O)O)[C@H]1CC[C@H]2C3=CC[C@@H]4CC(=O)CC[C@]4(C)C3=CC[C@]12C. The third-order valence-electron chi connectivity index (χ3n) is 8.88. The number of Topliss-reactive ketones (excluding diaryl/α,β-unsaturated/α-hetero) is 1. The zero-order valence-electron chi connectivity index (χ0n) is 17.1. The third-order valence-corrected chi connectivity index (χ3v) is 8.88. The van der Waals surface area contributed by atoms with Crippen molar-refractivity contribution in [3.05, 3.63) is 23.3 Å². The normalized spacial score (nSPS) is 41.7. The van der Waals surface area contributed by atoms with Crippen LogP contribution in [0.1, 0.15) is 78.6 Å². The first-order valence-electron chi connectivity index (χ1n) is 10.9. The summed E-state index contributed by atoms with van der Waals surface area (Å²) >= 11 is 0. The molecule has 0 spiro atoms.